The molecular weight excluding hydrogens is 364 g/mol. The monoisotopic (exact) mass is 398 g/mol. The van der Waals surface area contributed by atoms with Crippen molar-refractivity contribution >= 4 is 11.8 Å². The van der Waals surface area contributed by atoms with Crippen LogP contribution >= 0.6 is 0 Å². The van der Waals surface area contributed by atoms with E-state index in [4.69, 9.17) is 4.42 Å². The molecule has 3 N–H and O–H groups in total. The molecule has 2 aromatic heterocycles. The molecule has 1 fully saturated rings. The lowest BCUT2D eigenvalue weighted by molar-refractivity contribution is 0.146. The highest BCUT2D eigenvalue weighted by Gasteiger charge is 2.24. The molecule has 0 aromatic carbocycles. The molecule has 0 radical (unpaired) electrons. The average molecular weight is 399 g/mol. The molecule has 0 bridgehead atoms. The number of nitrogens with zero attached hydrogens (tertiary/aromatic N) is 3. The second-order valence-corrected chi connectivity index (χ2v) is 7.36. The summed E-state index contributed by atoms with van der Waals surface area (Å²) < 4.78 is 5.72. The summed E-state index contributed by atoms with van der Waals surface area (Å²) in [5.41, 5.74) is 0. The number of rotatable bonds is 10. The van der Waals surface area contributed by atoms with Crippen LogP contribution in [0.25, 0.3) is 0 Å². The Bertz CT molecular complexity index is 697. The Morgan fingerprint density at radius 3 is 2.69 bits per heavy atom. The van der Waals surface area contributed by atoms with Crippen LogP contribution in [0.5, 0.6) is 0 Å². The van der Waals surface area contributed by atoms with E-state index < -0.39 is 0 Å². The van der Waals surface area contributed by atoms with Gasteiger partial charge in [0, 0.05) is 32.9 Å². The number of hydrogen-bond donors (Lipinski definition) is 3. The molecule has 1 aliphatic heterocycles. The van der Waals surface area contributed by atoms with Crippen molar-refractivity contribution in [1.29, 1.82) is 0 Å². The molecule has 158 valence electrons. The van der Waals surface area contributed by atoms with Crippen molar-refractivity contribution in [2.45, 2.75) is 38.1 Å². The van der Waals surface area contributed by atoms with Crippen molar-refractivity contribution in [2.24, 2.45) is 4.99 Å². The van der Waals surface area contributed by atoms with Gasteiger partial charge >= 0.3 is 0 Å². The Kier molecular flexibility index (Phi) is 8.85. The predicted octanol–water partition coefficient (Wildman–Crippen LogP) is 3.26. The van der Waals surface area contributed by atoms with Crippen LogP contribution in [-0.2, 0) is 0 Å². The summed E-state index contributed by atoms with van der Waals surface area (Å²) in [4.78, 5) is 11.2. The Morgan fingerprint density at radius 1 is 1.10 bits per heavy atom. The molecule has 1 saturated heterocycles. The van der Waals surface area contributed by atoms with Gasteiger partial charge in [-0.15, -0.1) is 0 Å². The van der Waals surface area contributed by atoms with Gasteiger partial charge < -0.3 is 20.4 Å². The molecule has 2 aromatic rings. The smallest absolute Gasteiger partial charge is 0.191 e. The van der Waals surface area contributed by atoms with Gasteiger partial charge in [0.1, 0.15) is 11.6 Å². The maximum Gasteiger partial charge on any atom is 0.191 e. The molecule has 3 rings (SSSR count). The van der Waals surface area contributed by atoms with E-state index in [-0.39, 0.29) is 6.04 Å². The quantitative estimate of drug-likeness (QED) is 0.324. The molecule has 0 aliphatic carbocycles. The maximum absolute atomic E-state index is 5.72. The van der Waals surface area contributed by atoms with Gasteiger partial charge in [-0.05, 0) is 63.0 Å². The summed E-state index contributed by atoms with van der Waals surface area (Å²) in [5, 5.41) is 10.2. The lowest BCUT2D eigenvalue weighted by Crippen LogP contribution is -2.44. The van der Waals surface area contributed by atoms with Crippen LogP contribution in [0.15, 0.2) is 52.2 Å². The molecule has 3 heterocycles. The lowest BCUT2D eigenvalue weighted by atomic mass is 10.1. The number of furan rings is 1. The van der Waals surface area contributed by atoms with Crippen molar-refractivity contribution in [3.05, 3.63) is 48.6 Å². The van der Waals surface area contributed by atoms with Gasteiger partial charge in [0.05, 0.1) is 12.3 Å². The van der Waals surface area contributed by atoms with E-state index in [1.165, 1.54) is 19.3 Å². The molecule has 0 saturated carbocycles. The van der Waals surface area contributed by atoms with Gasteiger partial charge in [-0.2, -0.15) is 0 Å². The minimum Gasteiger partial charge on any atom is -0.468 e. The highest BCUT2D eigenvalue weighted by atomic mass is 16.3. The van der Waals surface area contributed by atoms with Crippen LogP contribution in [0, 0.1) is 0 Å². The van der Waals surface area contributed by atoms with E-state index in [0.29, 0.717) is 0 Å². The molecule has 7 nitrogen and oxygen atoms in total. The highest BCUT2D eigenvalue weighted by Crippen LogP contribution is 2.24. The number of aliphatic imine (C=N–C) groups is 1. The first kappa shape index (κ1) is 21.2. The van der Waals surface area contributed by atoms with Crippen LogP contribution in [0.1, 0.15) is 43.9 Å². The number of pyridine rings is 1. The third-order valence-corrected chi connectivity index (χ3v) is 5.26. The number of aromatic nitrogens is 1. The fraction of sp³-hybridized carbons (Fsp3) is 0.545. The number of guanidine groups is 1. The summed E-state index contributed by atoms with van der Waals surface area (Å²) in [6, 6.07) is 10.2. The molecule has 0 amide bonds. The summed E-state index contributed by atoms with van der Waals surface area (Å²) in [7, 11) is 1.82. The average Bonchev–Trinajstić information content (AvgIpc) is 3.31. The molecule has 29 heavy (non-hydrogen) atoms. The van der Waals surface area contributed by atoms with Gasteiger partial charge in [0.2, 0.25) is 0 Å². The predicted molar refractivity (Wildman–Crippen MR) is 118 cm³/mol. The van der Waals surface area contributed by atoms with Gasteiger partial charge in [-0.3, -0.25) is 9.89 Å². The lowest BCUT2D eigenvalue weighted by Gasteiger charge is -2.33. The number of piperidine rings is 1. The SMILES string of the molecule is CN=C(NCCCCNc1ccccn1)NCC(c1ccco1)N1CCCCC1. The number of nitrogens with one attached hydrogen (secondary N) is 3. The summed E-state index contributed by atoms with van der Waals surface area (Å²) in [6.07, 6.45) is 9.55. The second-order valence-electron chi connectivity index (χ2n) is 7.36. The van der Waals surface area contributed by atoms with E-state index in [1.807, 2.05) is 31.3 Å². The zero-order valence-corrected chi connectivity index (χ0v) is 17.4. The molecule has 1 atom stereocenters. The van der Waals surface area contributed by atoms with E-state index >= 15 is 0 Å². The second kappa shape index (κ2) is 12.1. The summed E-state index contributed by atoms with van der Waals surface area (Å²) >= 11 is 0. The van der Waals surface area contributed by atoms with Crippen LogP contribution in [0.4, 0.5) is 5.82 Å². The van der Waals surface area contributed by atoms with Crippen LogP contribution in [-0.4, -0.2) is 55.6 Å². The molecule has 1 aliphatic rings. The Hall–Kier alpha value is -2.54. The largest absolute Gasteiger partial charge is 0.468 e. The minimum atomic E-state index is 0.242. The first-order valence-electron chi connectivity index (χ1n) is 10.7. The highest BCUT2D eigenvalue weighted by molar-refractivity contribution is 5.79. The van der Waals surface area contributed by atoms with Crippen molar-refractivity contribution in [2.75, 3.05) is 45.1 Å². The Morgan fingerprint density at radius 2 is 1.97 bits per heavy atom. The number of likely N-dealkylation sites (tertiary alicyclic amines) is 1. The first-order chi connectivity index (χ1) is 14.4. The van der Waals surface area contributed by atoms with E-state index in [9.17, 15) is 0 Å². The van der Waals surface area contributed by atoms with Crippen molar-refractivity contribution in [1.82, 2.24) is 20.5 Å². The van der Waals surface area contributed by atoms with Crippen molar-refractivity contribution < 1.29 is 4.42 Å². The first-order valence-corrected chi connectivity index (χ1v) is 10.7. The Balaban J connectivity index is 1.37. The number of hydrogen-bond acceptors (Lipinski definition) is 5. The van der Waals surface area contributed by atoms with Gasteiger partial charge in [-0.1, -0.05) is 12.5 Å². The molecular formula is C22H34N6O. The van der Waals surface area contributed by atoms with Gasteiger partial charge in [0.25, 0.3) is 0 Å². The van der Waals surface area contributed by atoms with Crippen LogP contribution in [0.2, 0.25) is 0 Å². The summed E-state index contributed by atoms with van der Waals surface area (Å²) in [6.45, 7) is 4.85. The van der Waals surface area contributed by atoms with E-state index in [2.05, 4.69) is 36.9 Å². The maximum atomic E-state index is 5.72. The number of unbranched alkanes of at least 4 members (excludes halogenated alkanes) is 1. The van der Waals surface area contributed by atoms with E-state index in [1.54, 1.807) is 12.5 Å². The Labute approximate surface area is 174 Å². The molecule has 0 spiro atoms. The van der Waals surface area contributed by atoms with Gasteiger partial charge in [-0.25, -0.2) is 4.98 Å². The van der Waals surface area contributed by atoms with Crippen molar-refractivity contribution in [3.63, 3.8) is 0 Å². The fourth-order valence-corrected chi connectivity index (χ4v) is 3.68. The molecule has 1 unspecified atom stereocenters. The normalized spacial score (nSPS) is 16.4. The topological polar surface area (TPSA) is 77.7 Å². The van der Waals surface area contributed by atoms with Crippen LogP contribution < -0.4 is 16.0 Å². The zero-order valence-electron chi connectivity index (χ0n) is 17.4. The van der Waals surface area contributed by atoms with Crippen LogP contribution in [0.3, 0.4) is 0 Å². The van der Waals surface area contributed by atoms with Crippen molar-refractivity contribution in [3.8, 4) is 0 Å². The molecule has 7 heteroatoms. The summed E-state index contributed by atoms with van der Waals surface area (Å²) in [5.74, 6) is 2.80. The van der Waals surface area contributed by atoms with E-state index in [0.717, 1.165) is 63.1 Å². The zero-order chi connectivity index (χ0) is 20.2. The number of anilines is 1. The third-order valence-electron chi connectivity index (χ3n) is 5.26. The van der Waals surface area contributed by atoms with Gasteiger partial charge in [0.15, 0.2) is 5.96 Å². The minimum absolute atomic E-state index is 0.242. The fourth-order valence-electron chi connectivity index (χ4n) is 3.68. The third kappa shape index (κ3) is 7.09. The standard InChI is InChI=1S/C22H34N6O/c1-23-22(26-14-6-5-13-25-21-11-3-4-12-24-21)27-18-19(20-10-9-17-29-20)28-15-7-2-8-16-28/h3-4,9-12,17,19H,2,5-8,13-16,18H2,1H3,(H,24,25)(H2,23,26,27).